The zero-order chi connectivity index (χ0) is 14.0. The zero-order valence-electron chi connectivity index (χ0n) is 12.1. The molecule has 2 atom stereocenters. The van der Waals surface area contributed by atoms with Gasteiger partial charge >= 0.3 is 0 Å². The Bertz CT molecular complexity index is 753. The Balaban J connectivity index is 1.89. The van der Waals surface area contributed by atoms with Gasteiger partial charge in [0, 0.05) is 24.0 Å². The van der Waals surface area contributed by atoms with Crippen molar-refractivity contribution >= 4 is 0 Å². The van der Waals surface area contributed by atoms with E-state index in [1.807, 2.05) is 0 Å². The van der Waals surface area contributed by atoms with Gasteiger partial charge < -0.3 is 14.4 Å². The number of nitrogens with one attached hydrogen (secondary N) is 1. The molecule has 0 bridgehead atoms. The summed E-state index contributed by atoms with van der Waals surface area (Å²) in [4.78, 5) is 1.61. The summed E-state index contributed by atoms with van der Waals surface area (Å²) in [5.41, 5.74) is 7.03. The van der Waals surface area contributed by atoms with Gasteiger partial charge in [-0.3, -0.25) is 0 Å². The molecule has 2 heterocycles. The summed E-state index contributed by atoms with van der Waals surface area (Å²) in [5, 5.41) is 0. The maximum absolute atomic E-state index is 5.83. The molecule has 0 aromatic heterocycles. The first-order valence-electron chi connectivity index (χ1n) is 7.69. The summed E-state index contributed by atoms with van der Waals surface area (Å²) in [7, 11) is 2.32. The number of ether oxygens (including phenoxy) is 2. The third-order valence-corrected chi connectivity index (χ3v) is 5.23. The number of hydrogen-bond acceptors (Lipinski definition) is 2. The molecular weight excluding hydrogens is 262 g/mol. The van der Waals surface area contributed by atoms with Crippen LogP contribution in [0.5, 0.6) is 11.5 Å². The predicted molar refractivity (Wildman–Crippen MR) is 79.9 cm³/mol. The SMILES string of the molecule is C[NH+]1CCc2cc3c(c4c2C1Cc1ccccc1-4)OCO3. The van der Waals surface area contributed by atoms with Crippen molar-refractivity contribution < 1.29 is 14.4 Å². The normalized spacial score (nSPS) is 24.4. The predicted octanol–water partition coefficient (Wildman–Crippen LogP) is 1.75. The molecule has 0 fully saturated rings. The molecule has 0 saturated carbocycles. The number of benzene rings is 2. The quantitative estimate of drug-likeness (QED) is 0.794. The van der Waals surface area contributed by atoms with Crippen LogP contribution in [0.3, 0.4) is 0 Å². The lowest BCUT2D eigenvalue weighted by atomic mass is 9.76. The zero-order valence-corrected chi connectivity index (χ0v) is 12.1. The average molecular weight is 280 g/mol. The number of hydrogen-bond donors (Lipinski definition) is 1. The molecule has 1 N–H and O–H groups in total. The van der Waals surface area contributed by atoms with Gasteiger partial charge in [-0.25, -0.2) is 0 Å². The van der Waals surface area contributed by atoms with Crippen molar-refractivity contribution in [3.05, 3.63) is 47.0 Å². The Hall–Kier alpha value is -2.00. The number of fused-ring (bicyclic) bond motifs is 4. The second kappa shape index (κ2) is 4.01. The second-order valence-electron chi connectivity index (χ2n) is 6.32. The Labute approximate surface area is 124 Å². The highest BCUT2D eigenvalue weighted by Crippen LogP contribution is 2.51. The number of quaternary nitrogens is 1. The van der Waals surface area contributed by atoms with Crippen LogP contribution >= 0.6 is 0 Å². The lowest BCUT2D eigenvalue weighted by Gasteiger charge is -2.37. The Morgan fingerprint density at radius 1 is 1.14 bits per heavy atom. The monoisotopic (exact) mass is 280 g/mol. The van der Waals surface area contributed by atoms with Gasteiger partial charge in [0.15, 0.2) is 11.5 Å². The van der Waals surface area contributed by atoms with E-state index in [4.69, 9.17) is 9.47 Å². The first kappa shape index (κ1) is 11.6. The Morgan fingerprint density at radius 3 is 3.00 bits per heavy atom. The largest absolute Gasteiger partial charge is 0.454 e. The molecule has 21 heavy (non-hydrogen) atoms. The van der Waals surface area contributed by atoms with Crippen molar-refractivity contribution in [3.63, 3.8) is 0 Å². The molecule has 3 nitrogen and oxygen atoms in total. The summed E-state index contributed by atoms with van der Waals surface area (Å²) in [6.07, 6.45) is 2.26. The fourth-order valence-electron chi connectivity index (χ4n) is 4.17. The second-order valence-corrected chi connectivity index (χ2v) is 6.32. The first-order chi connectivity index (χ1) is 10.3. The van der Waals surface area contributed by atoms with Gasteiger partial charge in [0.2, 0.25) is 6.79 Å². The molecule has 2 aliphatic heterocycles. The molecule has 0 saturated heterocycles. The molecule has 2 unspecified atom stereocenters. The van der Waals surface area contributed by atoms with E-state index in [1.165, 1.54) is 34.4 Å². The van der Waals surface area contributed by atoms with E-state index < -0.39 is 0 Å². The van der Waals surface area contributed by atoms with Gasteiger partial charge in [-0.1, -0.05) is 24.3 Å². The average Bonchev–Trinajstić information content (AvgIpc) is 2.98. The highest BCUT2D eigenvalue weighted by Gasteiger charge is 2.39. The van der Waals surface area contributed by atoms with Gasteiger partial charge in [0.1, 0.15) is 6.04 Å². The number of rotatable bonds is 0. The van der Waals surface area contributed by atoms with Crippen LogP contribution in [0.1, 0.15) is 22.7 Å². The summed E-state index contributed by atoms with van der Waals surface area (Å²) in [5.74, 6) is 1.89. The van der Waals surface area contributed by atoms with Crippen molar-refractivity contribution in [3.8, 4) is 22.6 Å². The van der Waals surface area contributed by atoms with Crippen LogP contribution < -0.4 is 14.4 Å². The topological polar surface area (TPSA) is 22.9 Å². The van der Waals surface area contributed by atoms with Crippen molar-refractivity contribution in [1.29, 1.82) is 0 Å². The molecular formula is C18H18NO2+. The summed E-state index contributed by atoms with van der Waals surface area (Å²) < 4.78 is 11.5. The van der Waals surface area contributed by atoms with E-state index in [0.29, 0.717) is 12.8 Å². The third kappa shape index (κ3) is 1.47. The van der Waals surface area contributed by atoms with Crippen LogP contribution in [-0.4, -0.2) is 20.4 Å². The van der Waals surface area contributed by atoms with Crippen molar-refractivity contribution in [2.24, 2.45) is 0 Å². The van der Waals surface area contributed by atoms with Crippen LogP contribution in [0.4, 0.5) is 0 Å². The molecule has 0 radical (unpaired) electrons. The van der Waals surface area contributed by atoms with Crippen LogP contribution in [0, 0.1) is 0 Å². The van der Waals surface area contributed by atoms with Gasteiger partial charge in [-0.15, -0.1) is 0 Å². The van der Waals surface area contributed by atoms with Crippen molar-refractivity contribution in [2.75, 3.05) is 20.4 Å². The summed E-state index contributed by atoms with van der Waals surface area (Å²) in [6.45, 7) is 1.54. The molecule has 106 valence electrons. The molecule has 3 heteroatoms. The lowest BCUT2D eigenvalue weighted by Crippen LogP contribution is -3.10. The summed E-state index contributed by atoms with van der Waals surface area (Å²) >= 11 is 0. The Morgan fingerprint density at radius 2 is 2.05 bits per heavy atom. The minimum atomic E-state index is 0.348. The molecule has 0 amide bonds. The fourth-order valence-corrected chi connectivity index (χ4v) is 4.17. The molecule has 1 aliphatic carbocycles. The van der Waals surface area contributed by atoms with Crippen molar-refractivity contribution in [1.82, 2.24) is 0 Å². The third-order valence-electron chi connectivity index (χ3n) is 5.23. The highest BCUT2D eigenvalue weighted by atomic mass is 16.7. The molecule has 5 rings (SSSR count). The fraction of sp³-hybridized carbons (Fsp3) is 0.333. The summed E-state index contributed by atoms with van der Waals surface area (Å²) in [6, 6.07) is 11.5. The van der Waals surface area contributed by atoms with Crippen LogP contribution in [0.25, 0.3) is 11.1 Å². The van der Waals surface area contributed by atoms with E-state index in [0.717, 1.165) is 24.3 Å². The van der Waals surface area contributed by atoms with E-state index in [1.54, 1.807) is 4.90 Å². The Kier molecular flexibility index (Phi) is 2.22. The van der Waals surface area contributed by atoms with Gasteiger partial charge in [0.05, 0.1) is 13.6 Å². The lowest BCUT2D eigenvalue weighted by molar-refractivity contribution is -0.914. The van der Waals surface area contributed by atoms with E-state index >= 15 is 0 Å². The van der Waals surface area contributed by atoms with E-state index in [-0.39, 0.29) is 0 Å². The van der Waals surface area contributed by atoms with Crippen molar-refractivity contribution in [2.45, 2.75) is 18.9 Å². The maximum Gasteiger partial charge on any atom is 0.231 e. The highest BCUT2D eigenvalue weighted by molar-refractivity contribution is 5.83. The maximum atomic E-state index is 5.83. The molecule has 2 aromatic carbocycles. The van der Waals surface area contributed by atoms with Crippen LogP contribution in [0.2, 0.25) is 0 Å². The minimum Gasteiger partial charge on any atom is -0.454 e. The van der Waals surface area contributed by atoms with E-state index in [2.05, 4.69) is 37.4 Å². The molecule has 0 spiro atoms. The standard InChI is InChI=1S/C18H17NO2/c1-19-7-6-12-9-15-18(21-10-20-15)17-13-5-3-2-4-11(13)8-14(19)16(12)17/h2-5,9,14H,6-8,10H2,1H3/p+1. The smallest absolute Gasteiger partial charge is 0.231 e. The van der Waals surface area contributed by atoms with E-state index in [9.17, 15) is 0 Å². The molecule has 2 aromatic rings. The van der Waals surface area contributed by atoms with Gasteiger partial charge in [-0.2, -0.15) is 0 Å². The van der Waals surface area contributed by atoms with Gasteiger partial charge in [0.25, 0.3) is 0 Å². The first-order valence-corrected chi connectivity index (χ1v) is 7.69. The molecule has 3 aliphatic rings. The number of likely N-dealkylation sites (N-methyl/N-ethyl adjacent to an activating group) is 1. The van der Waals surface area contributed by atoms with Crippen LogP contribution in [0.15, 0.2) is 30.3 Å². The van der Waals surface area contributed by atoms with Crippen LogP contribution in [-0.2, 0) is 12.8 Å². The minimum absolute atomic E-state index is 0.348. The van der Waals surface area contributed by atoms with Gasteiger partial charge in [-0.05, 0) is 22.8 Å².